The van der Waals surface area contributed by atoms with Crippen LogP contribution < -0.4 is 15.4 Å². The van der Waals surface area contributed by atoms with E-state index in [1.54, 1.807) is 14.2 Å². The van der Waals surface area contributed by atoms with Crippen LogP contribution in [0.2, 0.25) is 0 Å². The highest BCUT2D eigenvalue weighted by Gasteiger charge is 2.36. The number of amides is 1. The summed E-state index contributed by atoms with van der Waals surface area (Å²) in [5.41, 5.74) is 1.50. The zero-order chi connectivity index (χ0) is 20.7. The van der Waals surface area contributed by atoms with Crippen molar-refractivity contribution < 1.29 is 9.53 Å². The average molecular weight is 401 g/mol. The summed E-state index contributed by atoms with van der Waals surface area (Å²) < 4.78 is 5.47. The van der Waals surface area contributed by atoms with E-state index >= 15 is 0 Å². The first kappa shape index (κ1) is 21.5. The van der Waals surface area contributed by atoms with Crippen molar-refractivity contribution >= 4 is 11.9 Å². The number of methoxy groups -OCH3 is 1. The summed E-state index contributed by atoms with van der Waals surface area (Å²) in [7, 11) is 5.31. The van der Waals surface area contributed by atoms with Gasteiger partial charge in [0.15, 0.2) is 5.96 Å². The third-order valence-electron chi connectivity index (χ3n) is 6.71. The molecule has 2 fully saturated rings. The summed E-state index contributed by atoms with van der Waals surface area (Å²) in [6, 6.07) is 8.55. The topological polar surface area (TPSA) is 66.0 Å². The van der Waals surface area contributed by atoms with Gasteiger partial charge in [0, 0.05) is 45.6 Å². The van der Waals surface area contributed by atoms with Crippen molar-refractivity contribution in [2.45, 2.75) is 50.4 Å². The highest BCUT2D eigenvalue weighted by atomic mass is 16.5. The Morgan fingerprint density at radius 3 is 2.62 bits per heavy atom. The molecule has 1 aromatic rings. The SMILES string of the molecule is CN=C(NCC1(c2cccc(OC)c2)CCCC1)N1CCC(CC(=O)NC)CC1. The van der Waals surface area contributed by atoms with Gasteiger partial charge in [0.1, 0.15) is 5.75 Å². The molecule has 0 aromatic heterocycles. The Balaban J connectivity index is 1.61. The fraction of sp³-hybridized carbons (Fsp3) is 0.652. The van der Waals surface area contributed by atoms with Crippen LogP contribution in [-0.2, 0) is 10.2 Å². The summed E-state index contributed by atoms with van der Waals surface area (Å²) in [5.74, 6) is 2.53. The lowest BCUT2D eigenvalue weighted by atomic mass is 9.78. The molecule has 1 aliphatic carbocycles. The second-order valence-electron chi connectivity index (χ2n) is 8.43. The second-order valence-corrected chi connectivity index (χ2v) is 8.43. The van der Waals surface area contributed by atoms with Crippen LogP contribution in [0.5, 0.6) is 5.75 Å². The van der Waals surface area contributed by atoms with Crippen molar-refractivity contribution in [3.63, 3.8) is 0 Å². The van der Waals surface area contributed by atoms with E-state index in [1.807, 2.05) is 13.1 Å². The number of benzene rings is 1. The molecular weight excluding hydrogens is 364 g/mol. The summed E-state index contributed by atoms with van der Waals surface area (Å²) >= 11 is 0. The van der Waals surface area contributed by atoms with Crippen LogP contribution in [-0.4, -0.2) is 57.6 Å². The minimum absolute atomic E-state index is 0.141. The van der Waals surface area contributed by atoms with Gasteiger partial charge in [0.05, 0.1) is 7.11 Å². The number of carbonyl (C=O) groups is 1. The van der Waals surface area contributed by atoms with E-state index in [-0.39, 0.29) is 11.3 Å². The summed E-state index contributed by atoms with van der Waals surface area (Å²) in [6.45, 7) is 2.80. The number of hydrogen-bond acceptors (Lipinski definition) is 3. The summed E-state index contributed by atoms with van der Waals surface area (Å²) in [6.07, 6.45) is 7.63. The van der Waals surface area contributed by atoms with Gasteiger partial charge >= 0.3 is 0 Å². The van der Waals surface area contributed by atoms with Gasteiger partial charge < -0.3 is 20.3 Å². The molecule has 1 saturated carbocycles. The van der Waals surface area contributed by atoms with Crippen molar-refractivity contribution in [3.8, 4) is 5.75 Å². The molecule has 1 heterocycles. The molecule has 1 aliphatic heterocycles. The molecule has 1 saturated heterocycles. The third-order valence-corrected chi connectivity index (χ3v) is 6.71. The molecule has 6 heteroatoms. The van der Waals surface area contributed by atoms with Crippen LogP contribution in [0.15, 0.2) is 29.3 Å². The first-order valence-electron chi connectivity index (χ1n) is 10.9. The van der Waals surface area contributed by atoms with E-state index in [1.165, 1.54) is 31.2 Å². The number of nitrogens with one attached hydrogen (secondary N) is 2. The Morgan fingerprint density at radius 2 is 2.00 bits per heavy atom. The lowest BCUT2D eigenvalue weighted by Gasteiger charge is -2.36. The van der Waals surface area contributed by atoms with Gasteiger partial charge in [-0.15, -0.1) is 0 Å². The van der Waals surface area contributed by atoms with Crippen molar-refractivity contribution in [1.82, 2.24) is 15.5 Å². The first-order valence-corrected chi connectivity index (χ1v) is 10.9. The molecule has 1 amide bonds. The standard InChI is InChI=1S/C23H36N4O2/c1-24-21(28)15-18-9-13-27(14-10-18)22(25-2)26-17-23(11-4-5-12-23)19-7-6-8-20(16-19)29-3/h6-8,16,18H,4-5,9-15,17H2,1-3H3,(H,24,28)(H,25,26). The van der Waals surface area contributed by atoms with Crippen LogP contribution in [0.1, 0.15) is 50.5 Å². The highest BCUT2D eigenvalue weighted by molar-refractivity contribution is 5.80. The number of guanidine groups is 1. The number of likely N-dealkylation sites (tertiary alicyclic amines) is 1. The molecule has 0 atom stereocenters. The van der Waals surface area contributed by atoms with Crippen molar-refractivity contribution in [3.05, 3.63) is 29.8 Å². The molecule has 29 heavy (non-hydrogen) atoms. The molecule has 1 aromatic carbocycles. The molecule has 0 bridgehead atoms. The Labute approximate surface area is 175 Å². The third kappa shape index (κ3) is 5.22. The maximum Gasteiger partial charge on any atom is 0.220 e. The Kier molecular flexibility index (Phi) is 7.40. The van der Waals surface area contributed by atoms with Gasteiger partial charge in [-0.3, -0.25) is 9.79 Å². The van der Waals surface area contributed by atoms with E-state index in [9.17, 15) is 4.79 Å². The largest absolute Gasteiger partial charge is 0.497 e. The fourth-order valence-electron chi connectivity index (χ4n) is 4.87. The van der Waals surface area contributed by atoms with Crippen molar-refractivity contribution in [2.75, 3.05) is 40.8 Å². The van der Waals surface area contributed by atoms with Gasteiger partial charge in [-0.2, -0.15) is 0 Å². The van der Waals surface area contributed by atoms with E-state index < -0.39 is 0 Å². The predicted molar refractivity (Wildman–Crippen MR) is 117 cm³/mol. The van der Waals surface area contributed by atoms with Crippen molar-refractivity contribution in [1.29, 1.82) is 0 Å². The average Bonchev–Trinajstić information content (AvgIpc) is 3.25. The number of ether oxygens (including phenoxy) is 1. The first-order chi connectivity index (χ1) is 14.1. The maximum atomic E-state index is 11.6. The maximum absolute atomic E-state index is 11.6. The number of aliphatic imine (C=N–C) groups is 1. The van der Waals surface area contributed by atoms with E-state index in [0.29, 0.717) is 12.3 Å². The predicted octanol–water partition coefficient (Wildman–Crippen LogP) is 2.93. The lowest BCUT2D eigenvalue weighted by molar-refractivity contribution is -0.121. The minimum Gasteiger partial charge on any atom is -0.497 e. The van der Waals surface area contributed by atoms with Gasteiger partial charge in [-0.1, -0.05) is 25.0 Å². The highest BCUT2D eigenvalue weighted by Crippen LogP contribution is 2.41. The van der Waals surface area contributed by atoms with Crippen LogP contribution in [0, 0.1) is 5.92 Å². The number of piperidine rings is 1. The molecule has 3 rings (SSSR count). The zero-order valence-electron chi connectivity index (χ0n) is 18.2. The summed E-state index contributed by atoms with van der Waals surface area (Å²) in [4.78, 5) is 18.5. The molecule has 6 nitrogen and oxygen atoms in total. The minimum atomic E-state index is 0.141. The Hall–Kier alpha value is -2.24. The normalized spacial score (nSPS) is 19.8. The van der Waals surface area contributed by atoms with Crippen LogP contribution in [0.25, 0.3) is 0 Å². The molecule has 0 spiro atoms. The van der Waals surface area contributed by atoms with Gasteiger partial charge in [0.25, 0.3) is 0 Å². The molecule has 2 N–H and O–H groups in total. The fourth-order valence-corrected chi connectivity index (χ4v) is 4.87. The molecule has 0 radical (unpaired) electrons. The molecule has 2 aliphatic rings. The van der Waals surface area contributed by atoms with Crippen LogP contribution in [0.4, 0.5) is 0 Å². The van der Waals surface area contributed by atoms with Gasteiger partial charge in [-0.05, 0) is 49.3 Å². The quantitative estimate of drug-likeness (QED) is 0.569. The Bertz CT molecular complexity index is 705. The van der Waals surface area contributed by atoms with Crippen molar-refractivity contribution in [2.24, 2.45) is 10.9 Å². The van der Waals surface area contributed by atoms with Gasteiger partial charge in [0.2, 0.25) is 5.91 Å². The Morgan fingerprint density at radius 1 is 1.28 bits per heavy atom. The van der Waals surface area contributed by atoms with Crippen LogP contribution in [0.3, 0.4) is 0 Å². The zero-order valence-corrected chi connectivity index (χ0v) is 18.2. The van der Waals surface area contributed by atoms with Crippen LogP contribution >= 0.6 is 0 Å². The van der Waals surface area contributed by atoms with Gasteiger partial charge in [-0.25, -0.2) is 0 Å². The smallest absolute Gasteiger partial charge is 0.220 e. The van der Waals surface area contributed by atoms with E-state index in [0.717, 1.165) is 44.2 Å². The number of hydrogen-bond donors (Lipinski definition) is 2. The monoisotopic (exact) mass is 400 g/mol. The second kappa shape index (κ2) is 9.99. The molecular formula is C23H36N4O2. The molecule has 160 valence electrons. The van der Waals surface area contributed by atoms with E-state index in [2.05, 4.69) is 38.7 Å². The number of nitrogens with zero attached hydrogens (tertiary/aromatic N) is 2. The lowest BCUT2D eigenvalue weighted by Crippen LogP contribution is -2.49. The number of carbonyl (C=O) groups excluding carboxylic acids is 1. The van der Waals surface area contributed by atoms with E-state index in [4.69, 9.17) is 4.74 Å². The number of rotatable bonds is 6. The summed E-state index contributed by atoms with van der Waals surface area (Å²) in [5, 5.41) is 6.42. The molecule has 0 unspecified atom stereocenters.